The highest BCUT2D eigenvalue weighted by molar-refractivity contribution is 5.94. The number of aromatic nitrogens is 5. The van der Waals surface area contributed by atoms with Crippen molar-refractivity contribution in [2.24, 2.45) is 0 Å². The van der Waals surface area contributed by atoms with Crippen LogP contribution in [0.15, 0.2) is 42.9 Å². The minimum Gasteiger partial charge on any atom is -0.481 e. The summed E-state index contributed by atoms with van der Waals surface area (Å²) in [6.07, 6.45) is 6.86. The number of benzene rings is 1. The van der Waals surface area contributed by atoms with Crippen LogP contribution < -0.4 is 0 Å². The molecule has 0 fully saturated rings. The van der Waals surface area contributed by atoms with Gasteiger partial charge in [-0.3, -0.25) is 14.2 Å². The molecule has 0 saturated heterocycles. The van der Waals surface area contributed by atoms with E-state index in [-0.39, 0.29) is 6.42 Å². The summed E-state index contributed by atoms with van der Waals surface area (Å²) in [5.74, 6) is -0.553. The van der Waals surface area contributed by atoms with Crippen molar-refractivity contribution >= 4 is 22.4 Å². The molecule has 0 unspecified atom stereocenters. The second-order valence-corrected chi connectivity index (χ2v) is 6.11. The number of hydrogen-bond donors (Lipinski definition) is 1. The Labute approximate surface area is 149 Å². The Morgan fingerprint density at radius 2 is 2.04 bits per heavy atom. The molecule has 1 N–H and O–H groups in total. The van der Waals surface area contributed by atoms with E-state index < -0.39 is 5.97 Å². The molecule has 26 heavy (non-hydrogen) atoms. The summed E-state index contributed by atoms with van der Waals surface area (Å²) in [5.41, 5.74) is 3.05. The van der Waals surface area contributed by atoms with Crippen LogP contribution in [0.5, 0.6) is 0 Å². The third kappa shape index (κ3) is 2.77. The lowest BCUT2D eigenvalue weighted by atomic mass is 10.1. The molecule has 0 amide bonds. The van der Waals surface area contributed by atoms with Crippen molar-refractivity contribution in [3.63, 3.8) is 0 Å². The molecule has 0 radical (unpaired) electrons. The standard InChI is InChI=1S/C19H17N5O2/c1-2-5-15-19-23-22-17(8-18(25)26)24(19)11-16(21-15)14-10-20-9-12-6-3-4-7-13(12)14/h3-4,6-7,9-11H,2,5,8H2,1H3,(H,25,26). The van der Waals surface area contributed by atoms with Gasteiger partial charge in [-0.05, 0) is 11.8 Å². The Balaban J connectivity index is 1.98. The lowest BCUT2D eigenvalue weighted by molar-refractivity contribution is -0.136. The summed E-state index contributed by atoms with van der Waals surface area (Å²) in [6.45, 7) is 2.07. The van der Waals surface area contributed by atoms with Gasteiger partial charge in [0, 0.05) is 29.5 Å². The molecule has 0 atom stereocenters. The second kappa shape index (κ2) is 6.51. The van der Waals surface area contributed by atoms with Gasteiger partial charge in [0.2, 0.25) is 0 Å². The first kappa shape index (κ1) is 16.1. The van der Waals surface area contributed by atoms with Crippen molar-refractivity contribution in [3.8, 4) is 11.3 Å². The first-order valence-corrected chi connectivity index (χ1v) is 8.46. The van der Waals surface area contributed by atoms with Gasteiger partial charge in [-0.25, -0.2) is 4.98 Å². The van der Waals surface area contributed by atoms with Crippen LogP contribution in [0.4, 0.5) is 0 Å². The minimum atomic E-state index is -0.943. The molecule has 0 saturated carbocycles. The average Bonchev–Trinajstić information content (AvgIpc) is 3.04. The lowest BCUT2D eigenvalue weighted by Gasteiger charge is -2.09. The smallest absolute Gasteiger partial charge is 0.311 e. The Hall–Kier alpha value is -3.35. The molecule has 7 nitrogen and oxygen atoms in total. The van der Waals surface area contributed by atoms with Crippen LogP contribution in [0, 0.1) is 0 Å². The number of carboxylic acids is 1. The molecule has 1 aromatic carbocycles. The van der Waals surface area contributed by atoms with E-state index in [2.05, 4.69) is 22.1 Å². The second-order valence-electron chi connectivity index (χ2n) is 6.11. The van der Waals surface area contributed by atoms with E-state index in [1.54, 1.807) is 16.8 Å². The summed E-state index contributed by atoms with van der Waals surface area (Å²) in [6, 6.07) is 7.98. The highest BCUT2D eigenvalue weighted by atomic mass is 16.4. The van der Waals surface area contributed by atoms with Gasteiger partial charge in [0.15, 0.2) is 5.65 Å². The normalized spacial score (nSPS) is 11.3. The molecule has 4 rings (SSSR count). The molecule has 0 aliphatic carbocycles. The molecule has 130 valence electrons. The van der Waals surface area contributed by atoms with Gasteiger partial charge < -0.3 is 5.11 Å². The molecule has 0 aliphatic rings. The van der Waals surface area contributed by atoms with Crippen molar-refractivity contribution in [3.05, 3.63) is 54.4 Å². The largest absolute Gasteiger partial charge is 0.481 e. The Bertz CT molecular complexity index is 1110. The van der Waals surface area contributed by atoms with Crippen molar-refractivity contribution in [2.75, 3.05) is 0 Å². The zero-order chi connectivity index (χ0) is 18.1. The van der Waals surface area contributed by atoms with E-state index in [0.29, 0.717) is 11.5 Å². The van der Waals surface area contributed by atoms with Gasteiger partial charge in [-0.1, -0.05) is 37.6 Å². The zero-order valence-corrected chi connectivity index (χ0v) is 14.3. The van der Waals surface area contributed by atoms with Crippen molar-refractivity contribution < 1.29 is 9.90 Å². The number of fused-ring (bicyclic) bond motifs is 2. The predicted molar refractivity (Wildman–Crippen MR) is 96.9 cm³/mol. The van der Waals surface area contributed by atoms with Gasteiger partial charge in [0.05, 0.1) is 11.4 Å². The van der Waals surface area contributed by atoms with Crippen molar-refractivity contribution in [1.82, 2.24) is 24.6 Å². The lowest BCUT2D eigenvalue weighted by Crippen LogP contribution is -2.06. The van der Waals surface area contributed by atoms with Crippen LogP contribution >= 0.6 is 0 Å². The van der Waals surface area contributed by atoms with Gasteiger partial charge in [-0.15, -0.1) is 10.2 Å². The maximum atomic E-state index is 11.1. The highest BCUT2D eigenvalue weighted by Crippen LogP contribution is 2.27. The average molecular weight is 347 g/mol. The molecular formula is C19H17N5O2. The first-order chi connectivity index (χ1) is 12.7. The maximum Gasteiger partial charge on any atom is 0.311 e. The number of hydrogen-bond acceptors (Lipinski definition) is 5. The van der Waals surface area contributed by atoms with Crippen LogP contribution in [0.1, 0.15) is 24.9 Å². The molecule has 3 heterocycles. The monoisotopic (exact) mass is 347 g/mol. The summed E-state index contributed by atoms with van der Waals surface area (Å²) in [5, 5.41) is 19.4. The Morgan fingerprint density at radius 1 is 1.19 bits per heavy atom. The molecular weight excluding hydrogens is 330 g/mol. The molecule has 7 heteroatoms. The van der Waals surface area contributed by atoms with Crippen LogP contribution in [0.3, 0.4) is 0 Å². The highest BCUT2D eigenvalue weighted by Gasteiger charge is 2.16. The van der Waals surface area contributed by atoms with E-state index in [1.165, 1.54) is 0 Å². The van der Waals surface area contributed by atoms with E-state index in [4.69, 9.17) is 10.1 Å². The van der Waals surface area contributed by atoms with Crippen molar-refractivity contribution in [2.45, 2.75) is 26.2 Å². The third-order valence-corrected chi connectivity index (χ3v) is 4.27. The Morgan fingerprint density at radius 3 is 2.85 bits per heavy atom. The summed E-state index contributed by atoms with van der Waals surface area (Å²) in [7, 11) is 0. The van der Waals surface area contributed by atoms with Crippen LogP contribution in [-0.4, -0.2) is 35.6 Å². The minimum absolute atomic E-state index is 0.191. The van der Waals surface area contributed by atoms with E-state index in [9.17, 15) is 4.79 Å². The summed E-state index contributed by atoms with van der Waals surface area (Å²) >= 11 is 0. The predicted octanol–water partition coefficient (Wildman–Crippen LogP) is 2.92. The number of nitrogens with zero attached hydrogens (tertiary/aromatic N) is 5. The third-order valence-electron chi connectivity index (χ3n) is 4.27. The molecule has 0 bridgehead atoms. The van der Waals surface area contributed by atoms with Gasteiger partial charge >= 0.3 is 5.97 Å². The Kier molecular flexibility index (Phi) is 4.04. The maximum absolute atomic E-state index is 11.1. The number of carbonyl (C=O) groups is 1. The summed E-state index contributed by atoms with van der Waals surface area (Å²) in [4.78, 5) is 20.3. The van der Waals surface area contributed by atoms with Crippen LogP contribution in [-0.2, 0) is 17.6 Å². The molecule has 3 aromatic heterocycles. The first-order valence-electron chi connectivity index (χ1n) is 8.46. The van der Waals surface area contributed by atoms with Crippen LogP contribution in [0.25, 0.3) is 27.7 Å². The van der Waals surface area contributed by atoms with E-state index in [0.717, 1.165) is 40.6 Å². The molecule has 0 aliphatic heterocycles. The fourth-order valence-corrected chi connectivity index (χ4v) is 3.11. The number of carboxylic acid groups (broad SMARTS) is 1. The fourth-order valence-electron chi connectivity index (χ4n) is 3.11. The van der Waals surface area contributed by atoms with Crippen LogP contribution in [0.2, 0.25) is 0 Å². The zero-order valence-electron chi connectivity index (χ0n) is 14.3. The number of rotatable bonds is 5. The number of pyridine rings is 1. The van der Waals surface area contributed by atoms with E-state index in [1.807, 2.05) is 30.5 Å². The number of aryl methyl sites for hydroxylation is 1. The van der Waals surface area contributed by atoms with E-state index >= 15 is 0 Å². The molecule has 4 aromatic rings. The quantitative estimate of drug-likeness (QED) is 0.597. The topological polar surface area (TPSA) is 93.3 Å². The van der Waals surface area contributed by atoms with Gasteiger partial charge in [0.1, 0.15) is 12.2 Å². The van der Waals surface area contributed by atoms with Gasteiger partial charge in [-0.2, -0.15) is 0 Å². The number of aliphatic carboxylic acids is 1. The summed E-state index contributed by atoms with van der Waals surface area (Å²) < 4.78 is 1.74. The SMILES string of the molecule is CCCc1nc(-c2cncc3ccccc23)cn2c(CC(=O)O)nnc12. The fraction of sp³-hybridized carbons (Fsp3) is 0.211. The van der Waals surface area contributed by atoms with Crippen molar-refractivity contribution in [1.29, 1.82) is 0 Å². The van der Waals surface area contributed by atoms with Gasteiger partial charge in [0.25, 0.3) is 0 Å². The molecule has 0 spiro atoms.